The average Bonchev–Trinajstić information content (AvgIpc) is 1.74. The number of alkyl halides is 2. The molecule has 654 valence electrons. The van der Waals surface area contributed by atoms with E-state index in [9.17, 15) is 51.8 Å². The van der Waals surface area contributed by atoms with Gasteiger partial charge in [0.05, 0.1) is 37.3 Å². The smallest absolute Gasteiger partial charge is 0.409 e. The highest BCUT2D eigenvalue weighted by Gasteiger charge is 2.41. The maximum Gasteiger partial charge on any atom is 0.409 e. The highest BCUT2D eigenvalue weighted by Crippen LogP contribution is 2.40. The summed E-state index contributed by atoms with van der Waals surface area (Å²) < 4.78 is 54.9. The van der Waals surface area contributed by atoms with Crippen molar-refractivity contribution in [1.29, 1.82) is 0 Å². The number of rotatable bonds is 37. The van der Waals surface area contributed by atoms with E-state index in [2.05, 4.69) is 95.1 Å². The van der Waals surface area contributed by atoms with Gasteiger partial charge in [-0.1, -0.05) is 122 Å². The lowest BCUT2D eigenvalue weighted by molar-refractivity contribution is -0.151. The van der Waals surface area contributed by atoms with E-state index in [0.717, 1.165) is 193 Å². The van der Waals surface area contributed by atoms with Crippen molar-refractivity contribution in [2.45, 2.75) is 349 Å². The quantitative estimate of drug-likeness (QED) is 0.0459. The van der Waals surface area contributed by atoms with Crippen LogP contribution in [0.2, 0.25) is 0 Å². The number of carboxylic acids is 1. The van der Waals surface area contributed by atoms with Gasteiger partial charge in [0.1, 0.15) is 5.82 Å². The van der Waals surface area contributed by atoms with Crippen LogP contribution in [0.15, 0.2) is 78.9 Å². The van der Waals surface area contributed by atoms with Crippen LogP contribution in [-0.2, 0) is 57.6 Å². The first-order valence-corrected chi connectivity index (χ1v) is 45.1. The van der Waals surface area contributed by atoms with Crippen molar-refractivity contribution in [3.63, 3.8) is 0 Å². The number of aliphatic carboxylic acids is 1. The normalized spacial score (nSPS) is 19.2. The molecule has 0 bridgehead atoms. The number of aliphatic hydroxyl groups excluding tert-OH is 1. The molecule has 1 heterocycles. The predicted octanol–water partition coefficient (Wildman–Crippen LogP) is 19.2. The third-order valence-electron chi connectivity index (χ3n) is 22.8. The van der Waals surface area contributed by atoms with E-state index in [1.807, 2.05) is 56.5 Å². The first-order chi connectivity index (χ1) is 55.6. The molecule has 0 radical (unpaired) electrons. The van der Waals surface area contributed by atoms with E-state index < -0.39 is 17.3 Å². The second kappa shape index (κ2) is 52.3. The van der Waals surface area contributed by atoms with Crippen molar-refractivity contribution >= 4 is 41.7 Å². The fourth-order valence-corrected chi connectivity index (χ4v) is 14.9. The molecule has 1 unspecified atom stereocenters. The Hall–Kier alpha value is -6.78. The average molecular weight is 1630 g/mol. The first-order valence-electron chi connectivity index (χ1n) is 45.1. The molecule has 19 nitrogen and oxygen atoms in total. The van der Waals surface area contributed by atoms with E-state index in [0.29, 0.717) is 99.1 Å². The minimum atomic E-state index is -2.49. The molecular formula is C94H150F3N7O12. The van der Waals surface area contributed by atoms with Gasteiger partial charge in [0.2, 0.25) is 29.6 Å². The zero-order valence-electron chi connectivity index (χ0n) is 73.0. The van der Waals surface area contributed by atoms with Crippen LogP contribution in [0, 0.1) is 29.0 Å². The summed E-state index contributed by atoms with van der Waals surface area (Å²) in [7, 11) is 0. The zero-order chi connectivity index (χ0) is 84.6. The van der Waals surface area contributed by atoms with E-state index in [1.165, 1.54) is 67.3 Å². The van der Waals surface area contributed by atoms with Gasteiger partial charge in [0, 0.05) is 128 Å². The van der Waals surface area contributed by atoms with Crippen molar-refractivity contribution < 1.29 is 71.2 Å². The molecular weight excluding hydrogens is 1480 g/mol. The number of halogens is 3. The standard InChI is InChI=1S/C15H21NO2.C14H23F2NO.C14H18FNO.C14H25NO2.C13H20O.C12H22N2O2.C12H21NO3/c1-2-18-15(17)16(12-14-8-9-14)11-10-13-6-4-3-5-7-13;1-2-9-17(12-3-4-12)13(18)10-11-5-7-14(15,16)8-6-11;1-2-9-16(13-7-8-13)14(17)10-11-3-5-12(15)6-4-11;1-2-9-15(12-5-6-12)14(17)10-11-3-7-13(16)8-4-11;1-4-8-14-10-12-6-5-7-13(9-12)11(2)3;1-2-7-14(10-5-6-10)12(15)13-9-11-4-3-8-16-11;1-4-7-13(9-5-6-9)10(14)8-12(2,3)11(15)16/h3-7,14H,2,8-12H2,1H3;11-12H,2-10H2,1H3;3-6,13H,2,7-10H2,1H3;11-13,16H,2-10H2,1H3;5-7,9,11H,4,8,10H2,1-3H3;10-11H,2-9H2,1H3,(H,13,15);9H,4-8H2,1-3H3,(H,15,16). The largest absolute Gasteiger partial charge is 0.481 e. The lowest BCUT2D eigenvalue weighted by Crippen LogP contribution is -2.44. The number of nitrogens with one attached hydrogen (secondary N) is 1. The van der Waals surface area contributed by atoms with Gasteiger partial charge in [-0.25, -0.2) is 22.8 Å². The highest BCUT2D eigenvalue weighted by molar-refractivity contribution is 5.85. The second-order valence-electron chi connectivity index (χ2n) is 34.8. The van der Waals surface area contributed by atoms with E-state index in [4.69, 9.17) is 19.3 Å². The zero-order valence-corrected chi connectivity index (χ0v) is 73.0. The molecule has 9 fully saturated rings. The maximum absolute atomic E-state index is 13.0. The lowest BCUT2D eigenvalue weighted by atomic mass is 9.84. The Labute approximate surface area is 695 Å². The van der Waals surface area contributed by atoms with Gasteiger partial charge >= 0.3 is 18.1 Å². The Morgan fingerprint density at radius 3 is 1.47 bits per heavy atom. The minimum Gasteiger partial charge on any atom is -0.481 e. The van der Waals surface area contributed by atoms with Crippen molar-refractivity contribution in [3.05, 3.63) is 107 Å². The summed E-state index contributed by atoms with van der Waals surface area (Å²) in [5.74, 6) is -0.963. The maximum atomic E-state index is 13.0. The molecule has 22 heteroatoms. The van der Waals surface area contributed by atoms with Gasteiger partial charge in [0.15, 0.2) is 0 Å². The molecule has 3 aromatic rings. The van der Waals surface area contributed by atoms with Gasteiger partial charge in [-0.15, -0.1) is 0 Å². The number of hydrogen-bond acceptors (Lipinski definition) is 11. The number of benzene rings is 3. The number of ether oxygens (including phenoxy) is 3. The number of nitrogens with zero attached hydrogens (tertiary/aromatic N) is 6. The summed E-state index contributed by atoms with van der Waals surface area (Å²) in [6, 6.07) is 27.5. The number of carboxylic acid groups (broad SMARTS) is 1. The van der Waals surface area contributed by atoms with Gasteiger partial charge in [0.25, 0.3) is 0 Å². The van der Waals surface area contributed by atoms with Crippen LogP contribution in [0.5, 0.6) is 0 Å². The Morgan fingerprint density at radius 2 is 1.02 bits per heavy atom. The van der Waals surface area contributed by atoms with Crippen LogP contribution in [0.1, 0.15) is 303 Å². The van der Waals surface area contributed by atoms with Gasteiger partial charge in [-0.3, -0.25) is 24.0 Å². The summed E-state index contributed by atoms with van der Waals surface area (Å²) in [4.78, 5) is 95.0. The molecule has 7 amide bonds. The molecule has 9 aliphatic rings. The molecule has 1 aliphatic heterocycles. The molecule has 8 aliphatic carbocycles. The van der Waals surface area contributed by atoms with Crippen LogP contribution < -0.4 is 5.32 Å². The topological polar surface area (TPSA) is 219 Å². The molecule has 3 N–H and O–H groups in total. The van der Waals surface area contributed by atoms with Crippen molar-refractivity contribution in [2.24, 2.45) is 23.2 Å². The fourth-order valence-electron chi connectivity index (χ4n) is 14.9. The molecule has 3 aromatic carbocycles. The Bertz CT molecular complexity index is 3300. The fraction of sp³-hybridized carbons (Fsp3) is 0.734. The minimum absolute atomic E-state index is 0.0169. The second-order valence-corrected chi connectivity index (χ2v) is 34.8. The summed E-state index contributed by atoms with van der Waals surface area (Å²) >= 11 is 0. The summed E-state index contributed by atoms with van der Waals surface area (Å²) in [5.41, 5.74) is 3.87. The third kappa shape index (κ3) is 39.0. The highest BCUT2D eigenvalue weighted by atomic mass is 19.3. The lowest BCUT2D eigenvalue weighted by Gasteiger charge is -2.30. The number of aliphatic hydroxyl groups is 1. The van der Waals surface area contributed by atoms with E-state index in [1.54, 1.807) is 26.0 Å². The number of amides is 7. The molecule has 1 saturated heterocycles. The van der Waals surface area contributed by atoms with Crippen LogP contribution in [-0.4, -0.2) is 202 Å². The third-order valence-corrected chi connectivity index (χ3v) is 22.8. The Morgan fingerprint density at radius 1 is 0.543 bits per heavy atom. The SMILES string of the molecule is CCCN(C(=O)CC(C)(C)C(=O)O)C1CC1.CCCN(C(=O)CC1CCC(F)(F)CC1)C1CC1.CCCN(C(=O)CC1CCC(O)CC1)C1CC1.CCCN(C(=O)Cc1ccc(F)cc1)C1CC1.CCCN(C(=O)NCC1CCCO1)C1CC1.CCCOCc1cccc(C(C)C)c1.CCOC(=O)N(CCc1ccccc1)CC1CC1. The molecule has 12 rings (SSSR count). The summed E-state index contributed by atoms with van der Waals surface area (Å²) in [5, 5.41) is 21.4. The Balaban J connectivity index is 0.000000211. The van der Waals surface area contributed by atoms with Crippen LogP contribution in [0.3, 0.4) is 0 Å². The van der Waals surface area contributed by atoms with Crippen LogP contribution in [0.25, 0.3) is 0 Å². The predicted molar refractivity (Wildman–Crippen MR) is 455 cm³/mol. The summed E-state index contributed by atoms with van der Waals surface area (Å²) in [6.07, 6.45) is 29.5. The van der Waals surface area contributed by atoms with Gasteiger partial charge < -0.3 is 59.1 Å². The number of carbonyl (C=O) groups is 7. The number of urea groups is 1. The molecule has 8 saturated carbocycles. The molecule has 1 atom stereocenters. The van der Waals surface area contributed by atoms with Crippen LogP contribution >= 0.6 is 0 Å². The van der Waals surface area contributed by atoms with Crippen LogP contribution in [0.4, 0.5) is 22.8 Å². The first kappa shape index (κ1) is 98.0. The van der Waals surface area contributed by atoms with E-state index >= 15 is 0 Å². The van der Waals surface area contributed by atoms with Gasteiger partial charge in [-0.05, 0) is 252 Å². The molecule has 0 spiro atoms. The molecule has 0 aromatic heterocycles. The van der Waals surface area contributed by atoms with Crippen molar-refractivity contribution in [3.8, 4) is 0 Å². The molecule has 116 heavy (non-hydrogen) atoms. The number of hydrogen-bond donors (Lipinski definition) is 3. The van der Waals surface area contributed by atoms with Crippen molar-refractivity contribution in [2.75, 3.05) is 72.2 Å². The van der Waals surface area contributed by atoms with E-state index in [-0.39, 0.29) is 73.1 Å². The van der Waals surface area contributed by atoms with Crippen molar-refractivity contribution in [1.82, 2.24) is 34.7 Å². The Kier molecular flexibility index (Phi) is 44.2. The number of carbonyl (C=O) groups excluding carboxylic acids is 6. The van der Waals surface area contributed by atoms with Gasteiger partial charge in [-0.2, -0.15) is 0 Å². The summed E-state index contributed by atoms with van der Waals surface area (Å²) in [6.45, 7) is 31.4. The monoisotopic (exact) mass is 1630 g/mol.